The summed E-state index contributed by atoms with van der Waals surface area (Å²) in [4.78, 5) is 10.2. The van der Waals surface area contributed by atoms with Gasteiger partial charge >= 0.3 is 0 Å². The van der Waals surface area contributed by atoms with Crippen LogP contribution >= 0.6 is 0 Å². The predicted octanol–water partition coefficient (Wildman–Crippen LogP) is 4.52. The Morgan fingerprint density at radius 3 is 2.17 bits per heavy atom. The maximum atomic E-state index is 10.2. The van der Waals surface area contributed by atoms with Crippen molar-refractivity contribution in [3.05, 3.63) is 12.2 Å². The number of rotatable bonds is 17. The van der Waals surface area contributed by atoms with Crippen LogP contribution < -0.4 is 5.11 Å². The van der Waals surface area contributed by atoms with Crippen molar-refractivity contribution in [1.82, 2.24) is 0 Å². The molecule has 0 spiro atoms. The van der Waals surface area contributed by atoms with Gasteiger partial charge in [0.05, 0.1) is 6.10 Å². The lowest BCUT2D eigenvalue weighted by atomic mass is 10.1. The summed E-state index contributed by atoms with van der Waals surface area (Å²) in [5.74, 6) is -0.928. The number of hydrogen-bond acceptors (Lipinski definition) is 3. The largest absolute Gasteiger partial charge is 0.550 e. The zero-order valence-electron chi connectivity index (χ0n) is 15.1. The Hall–Kier alpha value is -0.830. The van der Waals surface area contributed by atoms with Gasteiger partial charge in [-0.15, -0.1) is 0 Å². The molecule has 3 heteroatoms. The van der Waals surface area contributed by atoms with E-state index in [-0.39, 0.29) is 12.5 Å². The molecule has 1 N–H and O–H groups in total. The van der Waals surface area contributed by atoms with Crippen LogP contribution in [0.15, 0.2) is 12.2 Å². The van der Waals surface area contributed by atoms with Gasteiger partial charge in [-0.05, 0) is 38.5 Å². The number of allylic oxidation sites excluding steroid dienone is 1. The first kappa shape index (κ1) is 22.2. The Morgan fingerprint density at radius 2 is 1.52 bits per heavy atom. The van der Waals surface area contributed by atoms with Crippen LogP contribution in [0.3, 0.4) is 0 Å². The van der Waals surface area contributed by atoms with E-state index in [0.29, 0.717) is 0 Å². The van der Waals surface area contributed by atoms with E-state index < -0.39 is 5.97 Å². The third-order valence-corrected chi connectivity index (χ3v) is 4.22. The van der Waals surface area contributed by atoms with Crippen LogP contribution in [0.25, 0.3) is 0 Å². The topological polar surface area (TPSA) is 60.4 Å². The summed E-state index contributed by atoms with van der Waals surface area (Å²) in [5, 5.41) is 20.1. The molecule has 0 saturated carbocycles. The Kier molecular flexibility index (Phi) is 16.9. The zero-order chi connectivity index (χ0) is 17.2. The van der Waals surface area contributed by atoms with Gasteiger partial charge in [-0.25, -0.2) is 0 Å². The van der Waals surface area contributed by atoms with Crippen LogP contribution in [0.2, 0.25) is 0 Å². The maximum absolute atomic E-state index is 10.2. The molecule has 0 rings (SSSR count). The van der Waals surface area contributed by atoms with E-state index in [1.54, 1.807) is 0 Å². The quantitative estimate of drug-likeness (QED) is 0.316. The maximum Gasteiger partial charge on any atom is 0.0574 e. The number of hydrogen-bond donors (Lipinski definition) is 1. The monoisotopic (exact) mass is 325 g/mol. The van der Waals surface area contributed by atoms with E-state index in [9.17, 15) is 15.0 Å². The number of unbranched alkanes of at least 4 members (excludes halogenated alkanes) is 10. The van der Waals surface area contributed by atoms with Gasteiger partial charge in [-0.3, -0.25) is 0 Å². The second kappa shape index (κ2) is 17.5. The second-order valence-electron chi connectivity index (χ2n) is 6.60. The molecule has 0 fully saturated rings. The molecule has 23 heavy (non-hydrogen) atoms. The summed E-state index contributed by atoms with van der Waals surface area (Å²) in [5.41, 5.74) is 0. The molecule has 0 amide bonds. The number of carboxylic acid groups (broad SMARTS) is 1. The molecule has 0 heterocycles. The summed E-state index contributed by atoms with van der Waals surface area (Å²) < 4.78 is 0. The van der Waals surface area contributed by atoms with Crippen LogP contribution in [0.5, 0.6) is 0 Å². The molecule has 0 aromatic carbocycles. The van der Waals surface area contributed by atoms with E-state index >= 15 is 0 Å². The van der Waals surface area contributed by atoms with E-state index in [4.69, 9.17) is 0 Å². The minimum atomic E-state index is -0.928. The van der Waals surface area contributed by atoms with Gasteiger partial charge in [0, 0.05) is 5.97 Å². The van der Waals surface area contributed by atoms with E-state index in [2.05, 4.69) is 19.1 Å². The van der Waals surface area contributed by atoms with Crippen LogP contribution in [0.4, 0.5) is 0 Å². The van der Waals surface area contributed by atoms with Crippen molar-refractivity contribution >= 4 is 5.97 Å². The number of aliphatic carboxylic acids is 1. The summed E-state index contributed by atoms with van der Waals surface area (Å²) in [6, 6.07) is 0. The van der Waals surface area contributed by atoms with Crippen molar-refractivity contribution < 1.29 is 15.0 Å². The molecule has 0 aromatic rings. The van der Waals surface area contributed by atoms with Crippen molar-refractivity contribution in [2.45, 2.75) is 109 Å². The minimum Gasteiger partial charge on any atom is -0.550 e. The molecular formula is C20H37O3-. The average molecular weight is 326 g/mol. The molecule has 0 unspecified atom stereocenters. The highest BCUT2D eigenvalue weighted by molar-refractivity contribution is 5.63. The lowest BCUT2D eigenvalue weighted by Gasteiger charge is -2.07. The Labute approximate surface area is 143 Å². The molecule has 0 aliphatic heterocycles. The van der Waals surface area contributed by atoms with Gasteiger partial charge in [0.15, 0.2) is 0 Å². The highest BCUT2D eigenvalue weighted by atomic mass is 16.4. The average Bonchev–Trinajstić information content (AvgIpc) is 2.52. The lowest BCUT2D eigenvalue weighted by Crippen LogP contribution is -2.21. The van der Waals surface area contributed by atoms with Gasteiger partial charge in [0.25, 0.3) is 0 Å². The van der Waals surface area contributed by atoms with Crippen molar-refractivity contribution in [3.63, 3.8) is 0 Å². The van der Waals surface area contributed by atoms with Crippen molar-refractivity contribution in [2.24, 2.45) is 0 Å². The highest BCUT2D eigenvalue weighted by Gasteiger charge is 2.00. The fraction of sp³-hybridized carbons (Fsp3) is 0.850. The Bertz CT molecular complexity index is 287. The molecule has 0 radical (unpaired) electrons. The van der Waals surface area contributed by atoms with Crippen molar-refractivity contribution in [1.29, 1.82) is 0 Å². The smallest absolute Gasteiger partial charge is 0.0574 e. The fourth-order valence-electron chi connectivity index (χ4n) is 2.71. The Balaban J connectivity index is 3.23. The number of aliphatic hydroxyl groups excluding tert-OH is 1. The van der Waals surface area contributed by atoms with Crippen molar-refractivity contribution in [3.8, 4) is 0 Å². The molecule has 0 aromatic heterocycles. The molecule has 3 nitrogen and oxygen atoms in total. The molecule has 136 valence electrons. The Morgan fingerprint density at radius 1 is 0.913 bits per heavy atom. The first-order valence-electron chi connectivity index (χ1n) is 9.69. The SMILES string of the molecule is CCCCCC[C@@H](O)C/C=C\CCCCCCCCCC(=O)[O-]. The van der Waals surface area contributed by atoms with Crippen LogP contribution in [-0.4, -0.2) is 17.2 Å². The van der Waals surface area contributed by atoms with Gasteiger partial charge in [-0.2, -0.15) is 0 Å². The summed E-state index contributed by atoms with van der Waals surface area (Å²) in [7, 11) is 0. The predicted molar refractivity (Wildman–Crippen MR) is 95.1 cm³/mol. The second-order valence-corrected chi connectivity index (χ2v) is 6.60. The summed E-state index contributed by atoms with van der Waals surface area (Å²) in [6.07, 6.45) is 19.9. The first-order chi connectivity index (χ1) is 11.2. The van der Waals surface area contributed by atoms with Gasteiger partial charge in [-0.1, -0.05) is 76.9 Å². The van der Waals surface area contributed by atoms with Gasteiger partial charge in [0.2, 0.25) is 0 Å². The molecule has 0 bridgehead atoms. The van der Waals surface area contributed by atoms with E-state index in [1.807, 2.05) is 0 Å². The van der Waals surface area contributed by atoms with E-state index in [0.717, 1.165) is 44.9 Å². The van der Waals surface area contributed by atoms with Crippen molar-refractivity contribution in [2.75, 3.05) is 0 Å². The van der Waals surface area contributed by atoms with E-state index in [1.165, 1.54) is 44.9 Å². The normalized spacial score (nSPS) is 12.8. The molecule has 0 aliphatic carbocycles. The lowest BCUT2D eigenvalue weighted by molar-refractivity contribution is -0.305. The minimum absolute atomic E-state index is 0.163. The van der Waals surface area contributed by atoms with Crippen LogP contribution in [0.1, 0.15) is 103 Å². The molecule has 0 aliphatic rings. The zero-order valence-corrected chi connectivity index (χ0v) is 15.1. The summed E-state index contributed by atoms with van der Waals surface area (Å²) in [6.45, 7) is 2.20. The standard InChI is InChI=1S/C20H38O3/c1-2-3-4-13-16-19(21)17-14-11-9-7-5-6-8-10-12-15-18-20(22)23/h11,14,19,21H,2-10,12-13,15-18H2,1H3,(H,22,23)/p-1/b14-11-/t19-/m1/s1. The van der Waals surface area contributed by atoms with Crippen LogP contribution in [-0.2, 0) is 4.79 Å². The van der Waals surface area contributed by atoms with Gasteiger partial charge < -0.3 is 15.0 Å². The third kappa shape index (κ3) is 19.1. The number of carbonyl (C=O) groups excluding carboxylic acids is 1. The van der Waals surface area contributed by atoms with Crippen LogP contribution in [0, 0.1) is 0 Å². The fourth-order valence-corrected chi connectivity index (χ4v) is 2.71. The number of carboxylic acids is 1. The highest BCUT2D eigenvalue weighted by Crippen LogP contribution is 2.11. The third-order valence-electron chi connectivity index (χ3n) is 4.22. The molecule has 1 atom stereocenters. The summed E-state index contributed by atoms with van der Waals surface area (Å²) >= 11 is 0. The number of aliphatic hydroxyl groups is 1. The molecular weight excluding hydrogens is 288 g/mol. The first-order valence-corrected chi connectivity index (χ1v) is 9.69. The molecule has 0 saturated heterocycles. The van der Waals surface area contributed by atoms with Gasteiger partial charge in [0.1, 0.15) is 0 Å². The number of carbonyl (C=O) groups is 1.